The van der Waals surface area contributed by atoms with Crippen molar-refractivity contribution >= 4 is 17.8 Å². The van der Waals surface area contributed by atoms with E-state index >= 15 is 0 Å². The van der Waals surface area contributed by atoms with Crippen LogP contribution in [0.4, 0.5) is 0 Å². The molecule has 1 aromatic heterocycles. The second-order valence-corrected chi connectivity index (χ2v) is 8.01. The maximum atomic E-state index is 13.4. The summed E-state index contributed by atoms with van der Waals surface area (Å²) in [5.74, 6) is -0.440. The Morgan fingerprint density at radius 2 is 1.61 bits per heavy atom. The van der Waals surface area contributed by atoms with Gasteiger partial charge in [-0.15, -0.1) is 0 Å². The number of piperazine rings is 1. The van der Waals surface area contributed by atoms with E-state index in [1.54, 1.807) is 16.7 Å². The smallest absolute Gasteiger partial charge is 0.342 e. The lowest BCUT2D eigenvalue weighted by atomic mass is 10.1. The van der Waals surface area contributed by atoms with Gasteiger partial charge in [-0.3, -0.25) is 9.59 Å². The number of benzene rings is 1. The third-order valence-corrected chi connectivity index (χ3v) is 5.09. The van der Waals surface area contributed by atoms with Crippen LogP contribution in [0, 0.1) is 12.8 Å². The van der Waals surface area contributed by atoms with Gasteiger partial charge in [0.15, 0.2) is 5.82 Å². The summed E-state index contributed by atoms with van der Waals surface area (Å²) in [4.78, 5) is 50.1. The summed E-state index contributed by atoms with van der Waals surface area (Å²) in [6.07, 6.45) is 0. The molecule has 31 heavy (non-hydrogen) atoms. The van der Waals surface area contributed by atoms with Crippen LogP contribution in [0.15, 0.2) is 30.3 Å². The van der Waals surface area contributed by atoms with E-state index in [1.807, 2.05) is 44.2 Å². The van der Waals surface area contributed by atoms with Gasteiger partial charge in [-0.2, -0.15) is 0 Å². The summed E-state index contributed by atoms with van der Waals surface area (Å²) in [5.41, 5.74) is 1.28. The van der Waals surface area contributed by atoms with Gasteiger partial charge in [-0.25, -0.2) is 14.8 Å². The first kappa shape index (κ1) is 22.4. The molecule has 0 spiro atoms. The molecule has 0 atom stereocenters. The molecular weight excluding hydrogens is 396 g/mol. The molecule has 0 unspecified atom stereocenters. The summed E-state index contributed by atoms with van der Waals surface area (Å²) in [6, 6.07) is 9.31. The molecular formula is C23H28N4O4. The van der Waals surface area contributed by atoms with E-state index in [0.717, 1.165) is 5.56 Å². The summed E-state index contributed by atoms with van der Waals surface area (Å²) in [6.45, 7) is 8.97. The Hall–Kier alpha value is -3.29. The normalized spacial score (nSPS) is 14.0. The average Bonchev–Trinajstić information content (AvgIpc) is 2.77. The Kier molecular flexibility index (Phi) is 6.99. The molecule has 8 nitrogen and oxygen atoms in total. The molecule has 0 bridgehead atoms. The Balaban J connectivity index is 1.98. The van der Waals surface area contributed by atoms with Gasteiger partial charge >= 0.3 is 5.97 Å². The first-order valence-electron chi connectivity index (χ1n) is 10.4. The van der Waals surface area contributed by atoms with Gasteiger partial charge in [0.05, 0.1) is 12.3 Å². The molecule has 8 heteroatoms. The molecule has 2 heterocycles. The van der Waals surface area contributed by atoms with Crippen molar-refractivity contribution in [3.63, 3.8) is 0 Å². The van der Waals surface area contributed by atoms with Crippen LogP contribution < -0.4 is 0 Å². The van der Waals surface area contributed by atoms with Crippen molar-refractivity contribution in [3.05, 3.63) is 47.3 Å². The molecule has 1 fully saturated rings. The maximum Gasteiger partial charge on any atom is 0.342 e. The number of carbonyl (C=O) groups is 3. The molecule has 2 amide bonds. The largest absolute Gasteiger partial charge is 0.462 e. The Labute approximate surface area is 182 Å². The van der Waals surface area contributed by atoms with Crippen molar-refractivity contribution in [1.82, 2.24) is 19.8 Å². The second-order valence-electron chi connectivity index (χ2n) is 8.01. The van der Waals surface area contributed by atoms with E-state index in [2.05, 4.69) is 9.97 Å². The van der Waals surface area contributed by atoms with Crippen LogP contribution in [0.3, 0.4) is 0 Å². The van der Waals surface area contributed by atoms with E-state index in [9.17, 15) is 14.4 Å². The Bertz CT molecular complexity index is 967. The lowest BCUT2D eigenvalue weighted by molar-refractivity contribution is -0.130. The predicted molar refractivity (Wildman–Crippen MR) is 115 cm³/mol. The van der Waals surface area contributed by atoms with Crippen LogP contribution in [0.2, 0.25) is 0 Å². The molecule has 1 aromatic carbocycles. The summed E-state index contributed by atoms with van der Waals surface area (Å²) >= 11 is 0. The standard InChI is InChI=1S/C23H28N4O4/c1-15(2)14-31-23(30)19-16(3)24-21(18-8-6-5-7-9-18)25-20(19)22(29)27-12-10-26(11-13-27)17(4)28/h5-9,15H,10-14H2,1-4H3. The maximum absolute atomic E-state index is 13.4. The van der Waals surface area contributed by atoms with Gasteiger partial charge in [0.1, 0.15) is 11.3 Å². The van der Waals surface area contributed by atoms with Crippen molar-refractivity contribution in [2.24, 2.45) is 5.92 Å². The van der Waals surface area contributed by atoms with Crippen LogP contribution in [-0.2, 0) is 9.53 Å². The van der Waals surface area contributed by atoms with Gasteiger partial charge in [-0.1, -0.05) is 44.2 Å². The average molecular weight is 425 g/mol. The van der Waals surface area contributed by atoms with Gasteiger partial charge in [0.2, 0.25) is 5.91 Å². The highest BCUT2D eigenvalue weighted by molar-refractivity contribution is 6.05. The third kappa shape index (κ3) is 5.25. The minimum Gasteiger partial charge on any atom is -0.462 e. The lowest BCUT2D eigenvalue weighted by Crippen LogP contribution is -2.50. The predicted octanol–water partition coefficient (Wildman–Crippen LogP) is 2.57. The van der Waals surface area contributed by atoms with Gasteiger partial charge < -0.3 is 14.5 Å². The van der Waals surface area contributed by atoms with E-state index in [4.69, 9.17) is 4.74 Å². The number of ether oxygens (including phenoxy) is 1. The zero-order valence-electron chi connectivity index (χ0n) is 18.4. The highest BCUT2D eigenvalue weighted by Gasteiger charge is 2.30. The number of aryl methyl sites for hydroxylation is 1. The van der Waals surface area contributed by atoms with Crippen molar-refractivity contribution in [3.8, 4) is 11.4 Å². The number of hydrogen-bond acceptors (Lipinski definition) is 6. The lowest BCUT2D eigenvalue weighted by Gasteiger charge is -2.34. The number of amides is 2. The molecule has 164 valence electrons. The summed E-state index contributed by atoms with van der Waals surface area (Å²) < 4.78 is 5.40. The highest BCUT2D eigenvalue weighted by atomic mass is 16.5. The Morgan fingerprint density at radius 1 is 1.00 bits per heavy atom. The van der Waals surface area contributed by atoms with Crippen molar-refractivity contribution < 1.29 is 19.1 Å². The summed E-state index contributed by atoms with van der Waals surface area (Å²) in [5, 5.41) is 0. The molecule has 0 saturated carbocycles. The van der Waals surface area contributed by atoms with Gasteiger partial charge in [-0.05, 0) is 12.8 Å². The van der Waals surface area contributed by atoms with Gasteiger partial charge in [0, 0.05) is 38.7 Å². The van der Waals surface area contributed by atoms with Crippen LogP contribution in [0.25, 0.3) is 11.4 Å². The van der Waals surface area contributed by atoms with E-state index in [0.29, 0.717) is 37.7 Å². The number of nitrogens with zero attached hydrogens (tertiary/aromatic N) is 4. The molecule has 1 aliphatic rings. The van der Waals surface area contributed by atoms with Crippen LogP contribution >= 0.6 is 0 Å². The molecule has 1 aliphatic heterocycles. The molecule has 0 N–H and O–H groups in total. The fraction of sp³-hybridized carbons (Fsp3) is 0.435. The first-order valence-corrected chi connectivity index (χ1v) is 10.4. The zero-order chi connectivity index (χ0) is 22.5. The molecule has 2 aromatic rings. The Morgan fingerprint density at radius 3 is 2.19 bits per heavy atom. The van der Waals surface area contributed by atoms with Crippen LogP contribution in [0.1, 0.15) is 47.3 Å². The zero-order valence-corrected chi connectivity index (χ0v) is 18.4. The number of aromatic nitrogens is 2. The number of hydrogen-bond donors (Lipinski definition) is 0. The van der Waals surface area contributed by atoms with Crippen molar-refractivity contribution in [2.75, 3.05) is 32.8 Å². The van der Waals surface area contributed by atoms with E-state index < -0.39 is 5.97 Å². The fourth-order valence-electron chi connectivity index (χ4n) is 3.38. The molecule has 1 saturated heterocycles. The topological polar surface area (TPSA) is 92.7 Å². The quantitative estimate of drug-likeness (QED) is 0.685. The van der Waals surface area contributed by atoms with Crippen LogP contribution in [0.5, 0.6) is 0 Å². The van der Waals surface area contributed by atoms with Crippen molar-refractivity contribution in [2.45, 2.75) is 27.7 Å². The first-order chi connectivity index (χ1) is 14.8. The van der Waals surface area contributed by atoms with Crippen LogP contribution in [-0.4, -0.2) is 70.3 Å². The fourth-order valence-corrected chi connectivity index (χ4v) is 3.38. The molecule has 3 rings (SSSR count). The minimum atomic E-state index is -0.600. The van der Waals surface area contributed by atoms with E-state index in [-0.39, 0.29) is 35.6 Å². The van der Waals surface area contributed by atoms with Crippen molar-refractivity contribution in [1.29, 1.82) is 0 Å². The van der Waals surface area contributed by atoms with Gasteiger partial charge in [0.25, 0.3) is 5.91 Å². The third-order valence-electron chi connectivity index (χ3n) is 5.09. The molecule has 0 aliphatic carbocycles. The summed E-state index contributed by atoms with van der Waals surface area (Å²) in [7, 11) is 0. The molecule has 0 radical (unpaired) electrons. The highest BCUT2D eigenvalue weighted by Crippen LogP contribution is 2.22. The second kappa shape index (κ2) is 9.68. The number of carbonyl (C=O) groups excluding carboxylic acids is 3. The number of rotatable bonds is 5. The SMILES string of the molecule is CC(=O)N1CCN(C(=O)c2nc(-c3ccccc3)nc(C)c2C(=O)OCC(C)C)CC1. The van der Waals surface area contributed by atoms with E-state index in [1.165, 1.54) is 6.92 Å². The minimum absolute atomic E-state index is 0.0192. The monoisotopic (exact) mass is 424 g/mol. The number of esters is 1.